The fraction of sp³-hybridized carbons (Fsp3) is 0.200. The van der Waals surface area contributed by atoms with Crippen LogP contribution < -0.4 is 5.32 Å². The van der Waals surface area contributed by atoms with Gasteiger partial charge in [-0.05, 0) is 30.7 Å². The first-order valence-corrected chi connectivity index (χ1v) is 8.64. The van der Waals surface area contributed by atoms with Gasteiger partial charge in [-0.1, -0.05) is 48.9 Å². The molecule has 0 saturated heterocycles. The molecule has 1 heterocycles. The van der Waals surface area contributed by atoms with Gasteiger partial charge in [0.15, 0.2) is 5.69 Å². The maximum atomic E-state index is 12.8. The second kappa shape index (κ2) is 8.27. The Balaban J connectivity index is 1.94. The van der Waals surface area contributed by atoms with Gasteiger partial charge in [-0.2, -0.15) is 0 Å². The van der Waals surface area contributed by atoms with E-state index in [0.717, 1.165) is 17.8 Å². The maximum absolute atomic E-state index is 12.8. The van der Waals surface area contributed by atoms with Crippen molar-refractivity contribution < 1.29 is 14.3 Å². The molecule has 3 aromatic rings. The fourth-order valence-electron chi connectivity index (χ4n) is 2.78. The zero-order chi connectivity index (χ0) is 19.2. The summed E-state index contributed by atoms with van der Waals surface area (Å²) in [5.74, 6) is -0.940. The van der Waals surface area contributed by atoms with Crippen molar-refractivity contribution in [3.8, 4) is 5.69 Å². The molecule has 7 nitrogen and oxygen atoms in total. The van der Waals surface area contributed by atoms with Gasteiger partial charge >= 0.3 is 5.97 Å². The zero-order valence-corrected chi connectivity index (χ0v) is 15.2. The number of hydrogen-bond donors (Lipinski definition) is 1. The molecule has 0 unspecified atom stereocenters. The highest BCUT2D eigenvalue weighted by Crippen LogP contribution is 2.19. The Bertz CT molecular complexity index is 951. The van der Waals surface area contributed by atoms with Gasteiger partial charge in [0.2, 0.25) is 0 Å². The van der Waals surface area contributed by atoms with Crippen LogP contribution in [-0.4, -0.2) is 34.0 Å². The summed E-state index contributed by atoms with van der Waals surface area (Å²) >= 11 is 0. The quantitative estimate of drug-likeness (QED) is 0.679. The molecule has 0 fully saturated rings. The van der Waals surface area contributed by atoms with E-state index in [2.05, 4.69) is 15.6 Å². The zero-order valence-electron chi connectivity index (χ0n) is 15.2. The molecule has 138 valence electrons. The van der Waals surface area contributed by atoms with Gasteiger partial charge in [-0.15, -0.1) is 5.10 Å². The van der Waals surface area contributed by atoms with Crippen molar-refractivity contribution in [2.45, 2.75) is 19.8 Å². The van der Waals surface area contributed by atoms with Crippen molar-refractivity contribution in [2.24, 2.45) is 0 Å². The second-order valence-corrected chi connectivity index (χ2v) is 5.87. The summed E-state index contributed by atoms with van der Waals surface area (Å²) in [6.45, 7) is 2.02. The van der Waals surface area contributed by atoms with Crippen LogP contribution in [0, 0.1) is 0 Å². The van der Waals surface area contributed by atoms with Crippen LogP contribution in [0.5, 0.6) is 0 Å². The Hall–Kier alpha value is -3.48. The molecule has 0 aliphatic rings. The highest BCUT2D eigenvalue weighted by molar-refractivity contribution is 6.07. The van der Waals surface area contributed by atoms with E-state index < -0.39 is 11.9 Å². The highest BCUT2D eigenvalue weighted by Gasteiger charge is 2.22. The number of hydrogen-bond acceptors (Lipinski definition) is 5. The molecule has 2 aromatic carbocycles. The molecular formula is C20H20N4O3. The summed E-state index contributed by atoms with van der Waals surface area (Å²) in [6.07, 6.45) is 1.47. The first-order valence-electron chi connectivity index (χ1n) is 8.64. The van der Waals surface area contributed by atoms with E-state index in [1.807, 2.05) is 37.3 Å². The van der Waals surface area contributed by atoms with E-state index in [-0.39, 0.29) is 11.3 Å². The Morgan fingerprint density at radius 2 is 1.78 bits per heavy atom. The van der Waals surface area contributed by atoms with Crippen LogP contribution >= 0.6 is 0 Å². The Kier molecular flexibility index (Phi) is 5.61. The van der Waals surface area contributed by atoms with Crippen LogP contribution in [0.2, 0.25) is 0 Å². The third-order valence-corrected chi connectivity index (χ3v) is 4.05. The van der Waals surface area contributed by atoms with Crippen LogP contribution in [0.25, 0.3) is 5.69 Å². The number of nitrogens with zero attached hydrogens (tertiary/aromatic N) is 3. The number of nitrogens with one attached hydrogen (secondary N) is 1. The third-order valence-electron chi connectivity index (χ3n) is 4.05. The van der Waals surface area contributed by atoms with Crippen LogP contribution in [0.4, 0.5) is 5.69 Å². The van der Waals surface area contributed by atoms with Crippen LogP contribution in [0.1, 0.15) is 39.9 Å². The number of esters is 1. The van der Waals surface area contributed by atoms with E-state index in [1.165, 1.54) is 7.11 Å². The number of amides is 1. The monoisotopic (exact) mass is 364 g/mol. The third kappa shape index (κ3) is 3.87. The van der Waals surface area contributed by atoms with E-state index in [9.17, 15) is 9.59 Å². The van der Waals surface area contributed by atoms with Gasteiger partial charge < -0.3 is 10.1 Å². The number of benzene rings is 2. The SMILES string of the molecule is CCCc1c(C(=O)Nc2ccccc2C(=O)OC)nnn1-c1ccccc1. The molecule has 0 bridgehead atoms. The molecule has 0 aliphatic heterocycles. The number of para-hydroxylation sites is 2. The topological polar surface area (TPSA) is 86.1 Å². The largest absolute Gasteiger partial charge is 0.465 e. The predicted molar refractivity (Wildman–Crippen MR) is 101 cm³/mol. The molecular weight excluding hydrogens is 344 g/mol. The average Bonchev–Trinajstić information content (AvgIpc) is 3.12. The van der Waals surface area contributed by atoms with Crippen molar-refractivity contribution in [3.05, 3.63) is 71.5 Å². The Morgan fingerprint density at radius 3 is 2.48 bits per heavy atom. The van der Waals surface area contributed by atoms with Gasteiger partial charge in [0.25, 0.3) is 5.91 Å². The number of ether oxygens (including phenoxy) is 1. The van der Waals surface area contributed by atoms with E-state index >= 15 is 0 Å². The van der Waals surface area contributed by atoms with E-state index in [1.54, 1.807) is 28.9 Å². The lowest BCUT2D eigenvalue weighted by Gasteiger charge is -2.10. The van der Waals surface area contributed by atoms with Crippen molar-refractivity contribution in [2.75, 3.05) is 12.4 Å². The number of rotatable bonds is 6. The summed E-state index contributed by atoms with van der Waals surface area (Å²) in [5, 5.41) is 11.0. The number of methoxy groups -OCH3 is 1. The lowest BCUT2D eigenvalue weighted by Crippen LogP contribution is -2.18. The summed E-state index contributed by atoms with van der Waals surface area (Å²) in [6, 6.07) is 16.2. The summed E-state index contributed by atoms with van der Waals surface area (Å²) < 4.78 is 6.44. The van der Waals surface area contributed by atoms with Crippen LogP contribution in [0.3, 0.4) is 0 Å². The number of anilines is 1. The minimum atomic E-state index is -0.521. The first kappa shape index (κ1) is 18.3. The van der Waals surface area contributed by atoms with E-state index in [4.69, 9.17) is 4.74 Å². The predicted octanol–water partition coefficient (Wildman–Crippen LogP) is 3.26. The molecule has 3 rings (SSSR count). The molecule has 27 heavy (non-hydrogen) atoms. The lowest BCUT2D eigenvalue weighted by atomic mass is 10.1. The molecule has 0 radical (unpaired) electrons. The minimum absolute atomic E-state index is 0.236. The van der Waals surface area contributed by atoms with Gasteiger partial charge in [-0.25, -0.2) is 9.48 Å². The van der Waals surface area contributed by atoms with Crippen molar-refractivity contribution in [3.63, 3.8) is 0 Å². The van der Waals surface area contributed by atoms with Crippen molar-refractivity contribution in [1.82, 2.24) is 15.0 Å². The summed E-state index contributed by atoms with van der Waals surface area (Å²) in [4.78, 5) is 24.7. The minimum Gasteiger partial charge on any atom is -0.465 e. The van der Waals surface area contributed by atoms with Crippen molar-refractivity contribution in [1.29, 1.82) is 0 Å². The molecule has 0 spiro atoms. The Morgan fingerprint density at radius 1 is 1.07 bits per heavy atom. The lowest BCUT2D eigenvalue weighted by molar-refractivity contribution is 0.0602. The van der Waals surface area contributed by atoms with Gasteiger partial charge in [0.05, 0.1) is 29.7 Å². The molecule has 1 amide bonds. The second-order valence-electron chi connectivity index (χ2n) is 5.87. The summed E-state index contributed by atoms with van der Waals surface area (Å²) in [5.41, 5.74) is 2.44. The fourth-order valence-corrected chi connectivity index (χ4v) is 2.78. The average molecular weight is 364 g/mol. The summed E-state index contributed by atoms with van der Waals surface area (Å²) in [7, 11) is 1.30. The van der Waals surface area contributed by atoms with Crippen LogP contribution in [-0.2, 0) is 11.2 Å². The normalized spacial score (nSPS) is 10.4. The number of carbonyl (C=O) groups is 2. The van der Waals surface area contributed by atoms with Crippen LogP contribution in [0.15, 0.2) is 54.6 Å². The van der Waals surface area contributed by atoms with Gasteiger partial charge in [0.1, 0.15) is 0 Å². The first-order chi connectivity index (χ1) is 13.2. The van der Waals surface area contributed by atoms with Gasteiger partial charge in [0, 0.05) is 0 Å². The molecule has 0 atom stereocenters. The Labute approximate surface area is 157 Å². The molecule has 0 saturated carbocycles. The van der Waals surface area contributed by atoms with Gasteiger partial charge in [-0.3, -0.25) is 4.79 Å². The van der Waals surface area contributed by atoms with E-state index in [0.29, 0.717) is 12.1 Å². The molecule has 1 aromatic heterocycles. The number of carbonyl (C=O) groups excluding carboxylic acids is 2. The maximum Gasteiger partial charge on any atom is 0.339 e. The standard InChI is InChI=1S/C20H20N4O3/c1-3-9-17-18(22-23-24(17)14-10-5-4-6-11-14)19(25)21-16-13-8-7-12-15(16)20(26)27-2/h4-8,10-13H,3,9H2,1-2H3,(H,21,25). The number of aromatic nitrogens is 3. The molecule has 7 heteroatoms. The highest BCUT2D eigenvalue weighted by atomic mass is 16.5. The smallest absolute Gasteiger partial charge is 0.339 e. The molecule has 0 aliphatic carbocycles. The molecule has 1 N–H and O–H groups in total. The van der Waals surface area contributed by atoms with Crippen molar-refractivity contribution >= 4 is 17.6 Å².